The molecule has 0 amide bonds. The lowest BCUT2D eigenvalue weighted by atomic mass is 10.2. The van der Waals surface area contributed by atoms with Gasteiger partial charge < -0.3 is 27.3 Å². The Morgan fingerprint density at radius 3 is 1.61 bits per heavy atom. The molecular weight excluding hydrogens is 330 g/mol. The highest BCUT2D eigenvalue weighted by atomic mass is 28.3. The maximum Gasteiger partial charge on any atom is 0.323 e. The minimum Gasteiger partial charge on any atom is -0.400 e. The smallest absolute Gasteiger partial charge is 0.323 e. The van der Waals surface area contributed by atoms with Crippen LogP contribution in [-0.4, -0.2) is 84.3 Å². The molecule has 23 heavy (non-hydrogen) atoms. The predicted molar refractivity (Wildman–Crippen MR) is 96.6 cm³/mol. The molecule has 138 valence electrons. The molecule has 1 aliphatic heterocycles. The van der Waals surface area contributed by atoms with E-state index in [9.17, 15) is 0 Å². The molecule has 0 aliphatic carbocycles. The zero-order valence-electron chi connectivity index (χ0n) is 15.6. The molecular formula is C15H35NO5Si2. The lowest BCUT2D eigenvalue weighted by molar-refractivity contribution is 0.217. The molecule has 3 atom stereocenters. The van der Waals surface area contributed by atoms with Crippen LogP contribution < -0.4 is 0 Å². The molecule has 0 N–H and O–H groups in total. The predicted octanol–water partition coefficient (Wildman–Crippen LogP) is 1.27. The third kappa shape index (κ3) is 8.21. The summed E-state index contributed by atoms with van der Waals surface area (Å²) in [6.45, 7) is 8.53. The van der Waals surface area contributed by atoms with Crippen LogP contribution in [0.4, 0.5) is 0 Å². The molecule has 0 bridgehead atoms. The van der Waals surface area contributed by atoms with E-state index in [0.717, 1.165) is 39.1 Å². The summed E-state index contributed by atoms with van der Waals surface area (Å²) in [4.78, 5) is 2.51. The molecule has 0 aromatic rings. The summed E-state index contributed by atoms with van der Waals surface area (Å²) in [6.07, 6.45) is 2.64. The number of hydrogen-bond donors (Lipinski definition) is 0. The topological polar surface area (TPSA) is 52.7 Å². The molecule has 1 heterocycles. The molecule has 1 rings (SSSR count). The molecule has 0 radical (unpaired) electrons. The van der Waals surface area contributed by atoms with Gasteiger partial charge in [0.2, 0.25) is 0 Å². The normalized spacial score (nSPS) is 20.5. The van der Waals surface area contributed by atoms with Crippen LogP contribution in [0.1, 0.15) is 26.7 Å². The molecule has 0 aromatic carbocycles. The van der Waals surface area contributed by atoms with Crippen molar-refractivity contribution in [2.24, 2.45) is 0 Å². The molecule has 0 saturated carbocycles. The zero-order valence-corrected chi connectivity index (χ0v) is 17.9. The fourth-order valence-corrected chi connectivity index (χ4v) is 6.01. The first-order chi connectivity index (χ1) is 11.0. The quantitative estimate of drug-likeness (QED) is 0.341. The van der Waals surface area contributed by atoms with Crippen LogP contribution in [0.2, 0.25) is 11.1 Å². The van der Waals surface area contributed by atoms with Crippen molar-refractivity contribution in [1.82, 2.24) is 4.90 Å². The SMILES string of the molecule is CO[SiH](OC)C(C)CCN(CCC(C)[SiH](OC)OC)CC1CO1. The van der Waals surface area contributed by atoms with Crippen molar-refractivity contribution in [1.29, 1.82) is 0 Å². The molecule has 0 aromatic heterocycles. The fraction of sp³-hybridized carbons (Fsp3) is 1.00. The summed E-state index contributed by atoms with van der Waals surface area (Å²) < 4.78 is 27.4. The van der Waals surface area contributed by atoms with E-state index in [0.29, 0.717) is 17.2 Å². The summed E-state index contributed by atoms with van der Waals surface area (Å²) in [5, 5.41) is 0. The second-order valence-corrected chi connectivity index (χ2v) is 12.1. The lowest BCUT2D eigenvalue weighted by Gasteiger charge is -2.27. The first-order valence-corrected chi connectivity index (χ1v) is 11.7. The summed E-state index contributed by atoms with van der Waals surface area (Å²) in [7, 11) is 3.99. The Labute approximate surface area is 145 Å². The Morgan fingerprint density at radius 2 is 1.30 bits per heavy atom. The van der Waals surface area contributed by atoms with Crippen molar-refractivity contribution in [3.8, 4) is 0 Å². The van der Waals surface area contributed by atoms with Crippen LogP contribution in [-0.2, 0) is 22.4 Å². The van der Waals surface area contributed by atoms with Gasteiger partial charge in [0.15, 0.2) is 0 Å². The van der Waals surface area contributed by atoms with Gasteiger partial charge in [-0.3, -0.25) is 0 Å². The minimum absolute atomic E-state index is 0.427. The Bertz CT molecular complexity index is 280. The highest BCUT2D eigenvalue weighted by Gasteiger charge is 2.28. The Kier molecular flexibility index (Phi) is 10.8. The molecule has 6 nitrogen and oxygen atoms in total. The van der Waals surface area contributed by atoms with E-state index in [1.54, 1.807) is 28.4 Å². The summed E-state index contributed by atoms with van der Waals surface area (Å²) >= 11 is 0. The van der Waals surface area contributed by atoms with E-state index in [2.05, 4.69) is 18.7 Å². The van der Waals surface area contributed by atoms with Gasteiger partial charge in [0, 0.05) is 35.0 Å². The summed E-state index contributed by atoms with van der Waals surface area (Å²) in [6, 6.07) is 0. The summed E-state index contributed by atoms with van der Waals surface area (Å²) in [5.74, 6) is 0. The maximum atomic E-state index is 5.49. The van der Waals surface area contributed by atoms with Crippen LogP contribution in [0.25, 0.3) is 0 Å². The van der Waals surface area contributed by atoms with Gasteiger partial charge in [-0.05, 0) is 37.0 Å². The zero-order chi connectivity index (χ0) is 17.2. The number of epoxide rings is 1. The van der Waals surface area contributed by atoms with Crippen molar-refractivity contribution in [2.75, 3.05) is 54.7 Å². The van der Waals surface area contributed by atoms with Crippen molar-refractivity contribution in [3.63, 3.8) is 0 Å². The monoisotopic (exact) mass is 365 g/mol. The van der Waals surface area contributed by atoms with Gasteiger partial charge in [0.25, 0.3) is 0 Å². The molecule has 8 heteroatoms. The van der Waals surface area contributed by atoms with Gasteiger partial charge in [0.05, 0.1) is 12.7 Å². The Balaban J connectivity index is 2.39. The first-order valence-electron chi connectivity index (χ1n) is 8.50. The third-order valence-corrected chi connectivity index (χ3v) is 8.91. The average Bonchev–Trinajstić information content (AvgIpc) is 3.36. The second kappa shape index (κ2) is 11.7. The highest BCUT2D eigenvalue weighted by Crippen LogP contribution is 2.21. The van der Waals surface area contributed by atoms with Crippen molar-refractivity contribution in [2.45, 2.75) is 43.9 Å². The largest absolute Gasteiger partial charge is 0.400 e. The number of ether oxygens (including phenoxy) is 1. The molecule has 0 spiro atoms. The van der Waals surface area contributed by atoms with Crippen LogP contribution in [0, 0.1) is 0 Å². The van der Waals surface area contributed by atoms with E-state index < -0.39 is 18.6 Å². The van der Waals surface area contributed by atoms with Gasteiger partial charge in [-0.2, -0.15) is 0 Å². The van der Waals surface area contributed by atoms with E-state index in [1.807, 2.05) is 0 Å². The second-order valence-electron chi connectivity index (χ2n) is 6.47. The van der Waals surface area contributed by atoms with Gasteiger partial charge in [-0.1, -0.05) is 13.8 Å². The highest BCUT2D eigenvalue weighted by molar-refractivity contribution is 6.46. The lowest BCUT2D eigenvalue weighted by Crippen LogP contribution is -2.35. The van der Waals surface area contributed by atoms with Crippen LogP contribution >= 0.6 is 0 Å². The molecule has 1 fully saturated rings. The van der Waals surface area contributed by atoms with Gasteiger partial charge >= 0.3 is 18.6 Å². The van der Waals surface area contributed by atoms with E-state index >= 15 is 0 Å². The van der Waals surface area contributed by atoms with Gasteiger partial charge in [-0.15, -0.1) is 0 Å². The van der Waals surface area contributed by atoms with Crippen molar-refractivity contribution in [3.05, 3.63) is 0 Å². The number of rotatable bonds is 14. The van der Waals surface area contributed by atoms with E-state index in [1.165, 1.54) is 0 Å². The van der Waals surface area contributed by atoms with Gasteiger partial charge in [0.1, 0.15) is 0 Å². The average molecular weight is 366 g/mol. The van der Waals surface area contributed by atoms with E-state index in [-0.39, 0.29) is 0 Å². The molecule has 3 unspecified atom stereocenters. The maximum absolute atomic E-state index is 5.49. The molecule has 1 saturated heterocycles. The van der Waals surface area contributed by atoms with Crippen molar-refractivity contribution >= 4 is 18.6 Å². The van der Waals surface area contributed by atoms with Crippen LogP contribution in [0.5, 0.6) is 0 Å². The van der Waals surface area contributed by atoms with Gasteiger partial charge in [-0.25, -0.2) is 0 Å². The Morgan fingerprint density at radius 1 is 0.913 bits per heavy atom. The number of hydrogen-bond acceptors (Lipinski definition) is 6. The fourth-order valence-electron chi connectivity index (χ4n) is 2.92. The minimum atomic E-state index is -1.52. The van der Waals surface area contributed by atoms with Crippen LogP contribution in [0.3, 0.4) is 0 Å². The summed E-state index contributed by atoms with van der Waals surface area (Å²) in [5.41, 5.74) is 1.01. The third-order valence-electron chi connectivity index (χ3n) is 4.52. The van der Waals surface area contributed by atoms with Crippen LogP contribution in [0.15, 0.2) is 0 Å². The standard InChI is InChI=1S/C15H35NO5Si2/c1-13(22(17-3)18-4)7-9-16(11-15-12-21-15)10-8-14(2)23(19-5)20-6/h13-15,22-23H,7-12H2,1-6H3. The van der Waals surface area contributed by atoms with Crippen molar-refractivity contribution < 1.29 is 22.4 Å². The van der Waals surface area contributed by atoms with E-state index in [4.69, 9.17) is 22.4 Å². The first kappa shape index (κ1) is 21.2. The Hall–Kier alpha value is 0.194. The molecule has 1 aliphatic rings. The number of nitrogens with zero attached hydrogens (tertiary/aromatic N) is 1.